The van der Waals surface area contributed by atoms with Crippen LogP contribution in [0.1, 0.15) is 64.5 Å². The van der Waals surface area contributed by atoms with E-state index in [1.165, 1.54) is 36.9 Å². The molecule has 0 aliphatic heterocycles. The molecule has 0 aliphatic carbocycles. The number of carbonyl (C=O) groups excluding carboxylic acids is 3. The molecule has 0 aromatic carbocycles. The monoisotopic (exact) mass is 519 g/mol. The Morgan fingerprint density at radius 3 is 1.82 bits per heavy atom. The molecular formula is C22H38N4O6S2. The van der Waals surface area contributed by atoms with Crippen LogP contribution in [0, 0.1) is 13.8 Å². The van der Waals surface area contributed by atoms with Gasteiger partial charge >= 0.3 is 18.0 Å². The largest absolute Gasteiger partial charge is 0.469 e. The highest BCUT2D eigenvalue weighted by Crippen LogP contribution is 2.23. The summed E-state index contributed by atoms with van der Waals surface area (Å²) >= 11 is 2.67. The second-order valence-electron chi connectivity index (χ2n) is 7.21. The Kier molecular flexibility index (Phi) is 14.7. The van der Waals surface area contributed by atoms with Crippen molar-refractivity contribution in [3.05, 3.63) is 21.1 Å². The van der Waals surface area contributed by atoms with Crippen LogP contribution >= 0.6 is 22.7 Å². The van der Waals surface area contributed by atoms with Crippen molar-refractivity contribution in [2.75, 3.05) is 25.3 Å². The van der Waals surface area contributed by atoms with E-state index in [2.05, 4.69) is 24.8 Å². The first-order valence-corrected chi connectivity index (χ1v) is 11.5. The molecule has 0 bridgehead atoms. The van der Waals surface area contributed by atoms with Gasteiger partial charge in [0.05, 0.1) is 38.4 Å². The number of thiazole rings is 2. The van der Waals surface area contributed by atoms with Gasteiger partial charge in [-0.2, -0.15) is 0 Å². The molecule has 0 radical (unpaired) electrons. The number of nitrogens with zero attached hydrogens (tertiary/aromatic N) is 2. The average molecular weight is 520 g/mol. The lowest BCUT2D eigenvalue weighted by molar-refractivity contribution is -0.140. The predicted octanol–water partition coefficient (Wildman–Crippen LogP) is 4.93. The van der Waals surface area contributed by atoms with Crippen LogP contribution in [0.25, 0.3) is 0 Å². The number of aryl methyl sites for hydroxylation is 2. The van der Waals surface area contributed by atoms with Crippen molar-refractivity contribution in [2.24, 2.45) is 0 Å². The minimum absolute atomic E-state index is 0. The van der Waals surface area contributed by atoms with Gasteiger partial charge in [-0.1, -0.05) is 21.3 Å². The topological polar surface area (TPSA) is 143 Å². The van der Waals surface area contributed by atoms with Crippen LogP contribution in [0.15, 0.2) is 0 Å². The molecule has 2 aromatic heterocycles. The molecule has 0 saturated heterocycles. The fourth-order valence-electron chi connectivity index (χ4n) is 2.07. The van der Waals surface area contributed by atoms with Gasteiger partial charge in [0.2, 0.25) is 0 Å². The molecule has 12 heteroatoms. The quantitative estimate of drug-likeness (QED) is 0.415. The molecule has 2 rings (SSSR count). The third kappa shape index (κ3) is 13.1. The van der Waals surface area contributed by atoms with Crippen molar-refractivity contribution in [2.45, 2.75) is 74.3 Å². The summed E-state index contributed by atoms with van der Waals surface area (Å²) in [5.41, 5.74) is 6.20. The van der Waals surface area contributed by atoms with Crippen LogP contribution < -0.4 is 11.1 Å². The number of rotatable bonds is 5. The van der Waals surface area contributed by atoms with E-state index in [9.17, 15) is 14.4 Å². The van der Waals surface area contributed by atoms with Crippen LogP contribution in [0.3, 0.4) is 0 Å². The smallest absolute Gasteiger partial charge is 0.413 e. The Labute approximate surface area is 211 Å². The number of methoxy groups -OCH3 is 2. The Balaban J connectivity index is 0. The highest BCUT2D eigenvalue weighted by molar-refractivity contribution is 7.16. The first-order valence-electron chi connectivity index (χ1n) is 10.6. The molecular weight excluding hydrogens is 480 g/mol. The Morgan fingerprint density at radius 2 is 1.44 bits per heavy atom. The molecule has 1 amide bonds. The summed E-state index contributed by atoms with van der Waals surface area (Å²) in [7, 11) is 2.68. The van der Waals surface area contributed by atoms with E-state index in [4.69, 9.17) is 11.8 Å². The molecule has 0 spiro atoms. The minimum Gasteiger partial charge on any atom is -0.469 e. The molecule has 3 N–H and O–H groups in total. The third-order valence-electron chi connectivity index (χ3n) is 3.49. The summed E-state index contributed by atoms with van der Waals surface area (Å²) < 4.78 is 20.4. The van der Waals surface area contributed by atoms with E-state index in [1.807, 2.05) is 13.8 Å². The van der Waals surface area contributed by atoms with Crippen LogP contribution in [0.5, 0.6) is 0 Å². The minimum atomic E-state index is -0.564. The highest BCUT2D eigenvalue weighted by atomic mass is 32.1. The number of esters is 2. The van der Waals surface area contributed by atoms with Gasteiger partial charge in [-0.25, -0.2) is 14.8 Å². The fraction of sp³-hybridized carbons (Fsp3) is 0.591. The number of ether oxygens (including phenoxy) is 3. The van der Waals surface area contributed by atoms with Gasteiger partial charge in [-0.15, -0.1) is 22.7 Å². The summed E-state index contributed by atoms with van der Waals surface area (Å²) in [5, 5.41) is 3.45. The predicted molar refractivity (Wildman–Crippen MR) is 137 cm³/mol. The van der Waals surface area contributed by atoms with Gasteiger partial charge in [0.15, 0.2) is 10.3 Å². The standard InChI is InChI=1S/C12H18N2O4S.C7H10N2O2S.C2H6.CH4/c1-7-8(6-9(15)17-5)13-10(19-7)14-11(16)18-12(2,3)4;1-4-5(3-6(10)11-2)9-7(8)12-4;1-2;/h6H2,1-5H3,(H,13,14,16);3H2,1-2H3,(H2,8,9);1-2H3;1H4/i;;1D;. The van der Waals surface area contributed by atoms with Crippen molar-refractivity contribution >= 4 is 51.0 Å². The van der Waals surface area contributed by atoms with E-state index in [1.54, 1.807) is 27.7 Å². The highest BCUT2D eigenvalue weighted by Gasteiger charge is 2.19. The maximum Gasteiger partial charge on any atom is 0.413 e. The normalized spacial score (nSPS) is 10.2. The van der Waals surface area contributed by atoms with Crippen LogP contribution in [-0.2, 0) is 36.6 Å². The molecule has 2 heterocycles. The molecule has 0 unspecified atom stereocenters. The molecule has 0 fully saturated rings. The average Bonchev–Trinajstić information content (AvgIpc) is 3.21. The van der Waals surface area contributed by atoms with Gasteiger partial charge in [0.1, 0.15) is 5.60 Å². The first kappa shape index (κ1) is 31.3. The number of nitrogen functional groups attached to an aromatic ring is 1. The summed E-state index contributed by atoms with van der Waals surface area (Å²) in [6, 6.07) is 0. The van der Waals surface area contributed by atoms with E-state index in [-0.39, 0.29) is 32.2 Å². The molecule has 2 aromatic rings. The number of aromatic nitrogens is 2. The maximum atomic E-state index is 11.6. The number of hydrogen-bond acceptors (Lipinski definition) is 11. The number of hydrogen-bond donors (Lipinski definition) is 2. The Bertz CT molecular complexity index is 941. The number of amides is 1. The molecule has 194 valence electrons. The molecule has 0 aliphatic rings. The fourth-order valence-corrected chi connectivity index (χ4v) is 3.59. The first-order chi connectivity index (χ1) is 15.8. The van der Waals surface area contributed by atoms with Crippen LogP contribution in [0.2, 0.25) is 0 Å². The van der Waals surface area contributed by atoms with E-state index < -0.39 is 11.7 Å². The molecule has 0 atom stereocenters. The second-order valence-corrected chi connectivity index (χ2v) is 9.65. The van der Waals surface area contributed by atoms with Crippen LogP contribution in [0.4, 0.5) is 15.1 Å². The number of carbonyl (C=O) groups is 3. The zero-order chi connectivity index (χ0) is 26.5. The zero-order valence-corrected chi connectivity index (χ0v) is 22.0. The SMILES string of the molecule is C.COC(=O)Cc1nc(N)sc1C.COC(=O)Cc1nc(NC(=O)OC(C)(C)C)sc1C.[2H]CC. The third-order valence-corrected chi connectivity index (χ3v) is 5.26. The van der Waals surface area contributed by atoms with E-state index in [0.29, 0.717) is 28.6 Å². The number of nitrogens with one attached hydrogen (secondary N) is 1. The van der Waals surface area contributed by atoms with Gasteiger partial charge in [-0.05, 0) is 34.6 Å². The Morgan fingerprint density at radius 1 is 1.00 bits per heavy atom. The summed E-state index contributed by atoms with van der Waals surface area (Å²) in [5.74, 6) is -0.652. The summed E-state index contributed by atoms with van der Waals surface area (Å²) in [6.07, 6.45) is -0.268. The summed E-state index contributed by atoms with van der Waals surface area (Å²) in [4.78, 5) is 43.6. The van der Waals surface area contributed by atoms with E-state index >= 15 is 0 Å². The van der Waals surface area contributed by atoms with Crippen molar-refractivity contribution in [1.82, 2.24) is 9.97 Å². The lowest BCUT2D eigenvalue weighted by Gasteiger charge is -2.18. The van der Waals surface area contributed by atoms with E-state index in [0.717, 1.165) is 9.75 Å². The van der Waals surface area contributed by atoms with Crippen LogP contribution in [-0.4, -0.2) is 47.8 Å². The molecule has 0 saturated carbocycles. The van der Waals surface area contributed by atoms with Gasteiger partial charge in [-0.3, -0.25) is 14.9 Å². The second kappa shape index (κ2) is 16.0. The molecule has 10 nitrogen and oxygen atoms in total. The van der Waals surface area contributed by atoms with Gasteiger partial charge in [0, 0.05) is 11.1 Å². The molecule has 34 heavy (non-hydrogen) atoms. The van der Waals surface area contributed by atoms with Crippen molar-refractivity contribution in [1.29, 1.82) is 0 Å². The van der Waals surface area contributed by atoms with Crippen molar-refractivity contribution < 1.29 is 30.0 Å². The van der Waals surface area contributed by atoms with Gasteiger partial charge in [0.25, 0.3) is 0 Å². The van der Waals surface area contributed by atoms with Crippen molar-refractivity contribution in [3.63, 3.8) is 0 Å². The zero-order valence-electron chi connectivity index (χ0n) is 21.4. The maximum absolute atomic E-state index is 11.6. The lowest BCUT2D eigenvalue weighted by Crippen LogP contribution is -2.27. The lowest BCUT2D eigenvalue weighted by atomic mass is 10.2. The number of nitrogens with two attached hydrogens (primary N) is 1. The van der Waals surface area contributed by atoms with Crippen molar-refractivity contribution in [3.8, 4) is 0 Å². The summed E-state index contributed by atoms with van der Waals surface area (Å²) in [6.45, 7) is 11.3. The van der Waals surface area contributed by atoms with Gasteiger partial charge < -0.3 is 19.9 Å². The number of anilines is 2. The Hall–Kier alpha value is -2.73.